The summed E-state index contributed by atoms with van der Waals surface area (Å²) in [6.45, 7) is 0.0482. The van der Waals surface area contributed by atoms with E-state index in [1.807, 2.05) is 0 Å². The average molecular weight is 492 g/mol. The Hall–Kier alpha value is -1.23. The highest BCUT2D eigenvalue weighted by atomic mass is 35.5. The molecule has 6 nitrogen and oxygen atoms in total. The number of carboxylic acids is 1. The number of carbonyl (C=O) groups is 1. The van der Waals surface area contributed by atoms with Gasteiger partial charge in [-0.25, -0.2) is 13.2 Å². The molecule has 0 unspecified atom stereocenters. The summed E-state index contributed by atoms with van der Waals surface area (Å²) in [5.41, 5.74) is 0.786. The Morgan fingerprint density at radius 1 is 1.00 bits per heavy atom. The third-order valence-electron chi connectivity index (χ3n) is 5.02. The quantitative estimate of drug-likeness (QED) is 0.641. The van der Waals surface area contributed by atoms with Gasteiger partial charge in [0.2, 0.25) is 10.0 Å². The van der Waals surface area contributed by atoms with Crippen LogP contribution in [0.5, 0.6) is 0 Å². The number of halogens is 1. The van der Waals surface area contributed by atoms with Gasteiger partial charge in [0.05, 0.1) is 22.6 Å². The molecule has 2 aromatic rings. The van der Waals surface area contributed by atoms with Crippen LogP contribution < -0.4 is 0 Å². The predicted molar refractivity (Wildman–Crippen MR) is 127 cm³/mol. The van der Waals surface area contributed by atoms with E-state index in [2.05, 4.69) is 0 Å². The van der Waals surface area contributed by atoms with E-state index in [-0.39, 0.29) is 44.0 Å². The normalized spacial score (nSPS) is 18.9. The smallest absolute Gasteiger partial charge is 0.335 e. The fourth-order valence-corrected chi connectivity index (χ4v) is 5.28. The third-order valence-corrected chi connectivity index (χ3v) is 7.16. The Labute approximate surface area is 195 Å². The van der Waals surface area contributed by atoms with E-state index in [1.54, 1.807) is 12.1 Å². The lowest BCUT2D eigenvalue weighted by Gasteiger charge is -2.36. The lowest BCUT2D eigenvalue weighted by Crippen LogP contribution is -2.48. The monoisotopic (exact) mass is 491 g/mol. The first-order chi connectivity index (χ1) is 13.3. The third kappa shape index (κ3) is 6.15. The maximum atomic E-state index is 13.3. The van der Waals surface area contributed by atoms with Crippen LogP contribution in [-0.2, 0) is 16.6 Å². The average Bonchev–Trinajstić information content (AvgIpc) is 2.67. The molecule has 1 saturated carbocycles. The number of benzene rings is 2. The lowest BCUT2D eigenvalue weighted by molar-refractivity contribution is 0.0533. The van der Waals surface area contributed by atoms with Crippen molar-refractivity contribution < 1.29 is 23.4 Å². The minimum Gasteiger partial charge on any atom is -0.478 e. The van der Waals surface area contributed by atoms with Gasteiger partial charge in [-0.15, -0.1) is 0 Å². The van der Waals surface area contributed by atoms with E-state index in [9.17, 15) is 18.3 Å². The van der Waals surface area contributed by atoms with Gasteiger partial charge in [-0.3, -0.25) is 0 Å². The largest absolute Gasteiger partial charge is 0.478 e. The highest BCUT2D eigenvalue weighted by molar-refractivity contribution is 7.89. The van der Waals surface area contributed by atoms with E-state index in [4.69, 9.17) is 16.7 Å². The van der Waals surface area contributed by atoms with E-state index in [0.717, 1.165) is 12.8 Å². The number of sulfonamides is 1. The van der Waals surface area contributed by atoms with Crippen LogP contribution in [0.2, 0.25) is 5.02 Å². The molecule has 0 heterocycles. The van der Waals surface area contributed by atoms with Gasteiger partial charge in [0.15, 0.2) is 0 Å². The maximum absolute atomic E-state index is 13.3. The molecule has 1 aliphatic carbocycles. The van der Waals surface area contributed by atoms with Gasteiger partial charge < -0.3 is 10.2 Å². The summed E-state index contributed by atoms with van der Waals surface area (Å²) < 4.78 is 28.0. The van der Waals surface area contributed by atoms with Gasteiger partial charge in [0, 0.05) is 11.6 Å². The van der Waals surface area contributed by atoms with Crippen LogP contribution in [0.3, 0.4) is 0 Å². The summed E-state index contributed by atoms with van der Waals surface area (Å²) in [5.74, 6) is -1.04. The first-order valence-corrected chi connectivity index (χ1v) is 10.9. The van der Waals surface area contributed by atoms with E-state index >= 15 is 0 Å². The number of aliphatic hydroxyl groups is 1. The standard InChI is InChI=1S/C20H22ClNO5S.2H2S/c21-16-9-11-17(12-10-16)28(26,27)22(18-3-1-2-4-19(18)23)13-14-5-7-15(8-6-14)20(24)25;;/h5-12,18-19,23H,1-4,13H2,(H,24,25);2*1H2/t18-,19-;;/m0../s1. The summed E-state index contributed by atoms with van der Waals surface area (Å²) in [6.07, 6.45) is 2.08. The van der Waals surface area contributed by atoms with Crippen molar-refractivity contribution in [2.24, 2.45) is 0 Å². The van der Waals surface area contributed by atoms with Crippen LogP contribution in [0, 0.1) is 0 Å². The fraction of sp³-hybridized carbons (Fsp3) is 0.350. The highest BCUT2D eigenvalue weighted by Gasteiger charge is 2.37. The Kier molecular flexibility index (Phi) is 10.2. The molecular formula is C20H26ClNO5S3. The summed E-state index contributed by atoms with van der Waals surface area (Å²) in [4.78, 5) is 11.2. The van der Waals surface area contributed by atoms with Crippen LogP contribution in [0.25, 0.3) is 0 Å². The van der Waals surface area contributed by atoms with Gasteiger partial charge in [0.1, 0.15) is 0 Å². The van der Waals surface area contributed by atoms with Crippen molar-refractivity contribution in [1.82, 2.24) is 4.31 Å². The Morgan fingerprint density at radius 2 is 1.57 bits per heavy atom. The van der Waals surface area contributed by atoms with Crippen molar-refractivity contribution in [1.29, 1.82) is 0 Å². The summed E-state index contributed by atoms with van der Waals surface area (Å²) >= 11 is 5.89. The summed E-state index contributed by atoms with van der Waals surface area (Å²) in [6, 6.07) is 11.5. The first kappa shape index (κ1) is 26.8. The molecule has 0 spiro atoms. The number of aliphatic hydroxyl groups excluding tert-OH is 1. The number of hydrogen-bond donors (Lipinski definition) is 2. The second-order valence-corrected chi connectivity index (χ2v) is 9.25. The lowest BCUT2D eigenvalue weighted by atomic mass is 9.92. The molecule has 2 aromatic carbocycles. The molecule has 0 aromatic heterocycles. The van der Waals surface area contributed by atoms with Crippen molar-refractivity contribution in [2.45, 2.75) is 49.3 Å². The van der Waals surface area contributed by atoms with Gasteiger partial charge >= 0.3 is 5.97 Å². The second-order valence-electron chi connectivity index (χ2n) is 6.93. The van der Waals surface area contributed by atoms with Crippen LogP contribution in [0.4, 0.5) is 0 Å². The van der Waals surface area contributed by atoms with Crippen molar-refractivity contribution in [2.75, 3.05) is 0 Å². The minimum atomic E-state index is -3.88. The molecule has 2 atom stereocenters. The molecule has 3 rings (SSSR count). The molecule has 0 radical (unpaired) electrons. The zero-order chi connectivity index (χ0) is 20.3. The number of hydrogen-bond acceptors (Lipinski definition) is 4. The zero-order valence-electron chi connectivity index (χ0n) is 16.2. The molecule has 10 heteroatoms. The second kappa shape index (κ2) is 11.4. The van der Waals surface area contributed by atoms with Gasteiger partial charge in [0.25, 0.3) is 0 Å². The summed E-state index contributed by atoms with van der Waals surface area (Å²) in [5, 5.41) is 20.0. The molecule has 2 N–H and O–H groups in total. The fourth-order valence-electron chi connectivity index (χ4n) is 3.48. The molecule has 0 bridgehead atoms. The van der Waals surface area contributed by atoms with Gasteiger partial charge in [-0.05, 0) is 54.8 Å². The Bertz CT molecular complexity index is 936. The van der Waals surface area contributed by atoms with Gasteiger partial charge in [-0.2, -0.15) is 31.3 Å². The molecule has 0 saturated heterocycles. The van der Waals surface area contributed by atoms with E-state index in [1.165, 1.54) is 40.7 Å². The number of rotatable bonds is 6. The topological polar surface area (TPSA) is 94.9 Å². The van der Waals surface area contributed by atoms with E-state index < -0.39 is 28.1 Å². The number of aromatic carboxylic acids is 1. The Balaban J connectivity index is 0.00000225. The SMILES string of the molecule is O=C(O)c1ccc(CN([C@H]2CCCC[C@@H]2O)S(=O)(=O)c2ccc(Cl)cc2)cc1.S.S. The number of carboxylic acid groups (broad SMARTS) is 1. The molecule has 1 aliphatic rings. The van der Waals surface area contributed by atoms with Crippen molar-refractivity contribution in [3.63, 3.8) is 0 Å². The van der Waals surface area contributed by atoms with Crippen molar-refractivity contribution >= 4 is 54.6 Å². The summed E-state index contributed by atoms with van der Waals surface area (Å²) in [7, 11) is -3.88. The number of nitrogens with zero attached hydrogens (tertiary/aromatic N) is 1. The zero-order valence-corrected chi connectivity index (χ0v) is 19.7. The van der Waals surface area contributed by atoms with Crippen molar-refractivity contribution in [3.8, 4) is 0 Å². The van der Waals surface area contributed by atoms with Crippen LogP contribution >= 0.6 is 38.6 Å². The first-order valence-electron chi connectivity index (χ1n) is 9.07. The molecule has 0 aliphatic heterocycles. The predicted octanol–water partition coefficient (Wildman–Crippen LogP) is 3.76. The Morgan fingerprint density at radius 3 is 2.10 bits per heavy atom. The van der Waals surface area contributed by atoms with Crippen molar-refractivity contribution in [3.05, 3.63) is 64.7 Å². The maximum Gasteiger partial charge on any atom is 0.335 e. The van der Waals surface area contributed by atoms with Gasteiger partial charge in [-0.1, -0.05) is 36.6 Å². The molecular weight excluding hydrogens is 466 g/mol. The van der Waals surface area contributed by atoms with Crippen LogP contribution in [0.15, 0.2) is 53.4 Å². The van der Waals surface area contributed by atoms with Crippen LogP contribution in [-0.4, -0.2) is 41.1 Å². The molecule has 1 fully saturated rings. The highest BCUT2D eigenvalue weighted by Crippen LogP contribution is 2.30. The molecule has 0 amide bonds. The van der Waals surface area contributed by atoms with Crippen LogP contribution in [0.1, 0.15) is 41.6 Å². The van der Waals surface area contributed by atoms with E-state index in [0.29, 0.717) is 23.4 Å². The molecule has 166 valence electrons. The minimum absolute atomic E-state index is 0. The molecule has 30 heavy (non-hydrogen) atoms.